The quantitative estimate of drug-likeness (QED) is 0.164. The van der Waals surface area contributed by atoms with Gasteiger partial charge in [-0.25, -0.2) is 9.48 Å². The van der Waals surface area contributed by atoms with E-state index in [9.17, 15) is 9.59 Å². The van der Waals surface area contributed by atoms with Crippen molar-refractivity contribution < 1.29 is 14.3 Å². The van der Waals surface area contributed by atoms with Crippen molar-refractivity contribution in [3.8, 4) is 0 Å². The molecule has 2 aromatic heterocycles. The summed E-state index contributed by atoms with van der Waals surface area (Å²) in [6, 6.07) is 41.0. The third kappa shape index (κ3) is 5.24. The number of amides is 1. The summed E-state index contributed by atoms with van der Waals surface area (Å²) in [6.07, 6.45) is 1.74. The maximum Gasteiger partial charge on any atom is 0.333 e. The van der Waals surface area contributed by atoms with Crippen LogP contribution in [0.4, 0.5) is 0 Å². The third-order valence-electron chi connectivity index (χ3n) is 7.92. The number of methoxy groups -OCH3 is 1. The summed E-state index contributed by atoms with van der Waals surface area (Å²) in [5, 5.41) is 8.87. The van der Waals surface area contributed by atoms with Gasteiger partial charge in [-0.3, -0.25) is 9.78 Å². The van der Waals surface area contributed by atoms with Crippen molar-refractivity contribution in [1.29, 1.82) is 0 Å². The second-order valence-electron chi connectivity index (χ2n) is 10.6. The number of pyridine rings is 1. The molecule has 0 spiro atoms. The Hall–Kier alpha value is -5.56. The van der Waals surface area contributed by atoms with Gasteiger partial charge in [0.1, 0.15) is 5.54 Å². The zero-order chi connectivity index (χ0) is 30.5. The smallest absolute Gasteiger partial charge is 0.333 e. The molecule has 218 valence electrons. The highest BCUT2D eigenvalue weighted by atomic mass is 16.5. The fraction of sp³-hybridized carbons (Fsp3) is 0.135. The molecular weight excluding hydrogens is 548 g/mol. The zero-order valence-corrected chi connectivity index (χ0v) is 24.6. The van der Waals surface area contributed by atoms with Gasteiger partial charge in [0.25, 0.3) is 0 Å². The molecule has 0 saturated heterocycles. The molecule has 0 radical (unpaired) electrons. The van der Waals surface area contributed by atoms with Crippen LogP contribution >= 0.6 is 0 Å². The van der Waals surface area contributed by atoms with Crippen molar-refractivity contribution in [2.45, 2.75) is 24.9 Å². The molecule has 1 N–H and O–H groups in total. The number of nitrogens with zero attached hydrogens (tertiary/aromatic N) is 3. The Bertz CT molecular complexity index is 1790. The van der Waals surface area contributed by atoms with E-state index in [1.54, 1.807) is 18.3 Å². The number of carbonyl (C=O) groups excluding carboxylic acids is 2. The summed E-state index contributed by atoms with van der Waals surface area (Å²) >= 11 is 0. The normalized spacial score (nSPS) is 12.0. The molecule has 0 saturated carbocycles. The van der Waals surface area contributed by atoms with Crippen molar-refractivity contribution >= 4 is 22.8 Å². The molecule has 2 heterocycles. The van der Waals surface area contributed by atoms with E-state index in [-0.39, 0.29) is 12.3 Å². The average Bonchev–Trinajstić information content (AvgIpc) is 3.41. The van der Waals surface area contributed by atoms with E-state index < -0.39 is 17.6 Å². The largest absolute Gasteiger partial charge is 0.467 e. The van der Waals surface area contributed by atoms with Gasteiger partial charge in [-0.1, -0.05) is 121 Å². The molecule has 4 aromatic carbocycles. The van der Waals surface area contributed by atoms with Crippen LogP contribution in [0.1, 0.15) is 39.7 Å². The van der Waals surface area contributed by atoms with E-state index >= 15 is 0 Å². The van der Waals surface area contributed by atoms with Gasteiger partial charge in [-0.05, 0) is 35.2 Å². The molecule has 1 amide bonds. The molecule has 0 aliphatic heterocycles. The fourth-order valence-corrected chi connectivity index (χ4v) is 5.87. The lowest BCUT2D eigenvalue weighted by molar-refractivity contribution is -0.145. The second kappa shape index (κ2) is 12.4. The van der Waals surface area contributed by atoms with E-state index in [4.69, 9.17) is 9.84 Å². The number of aryl methyl sites for hydroxylation is 1. The van der Waals surface area contributed by atoms with E-state index in [1.807, 2.05) is 85.8 Å². The molecule has 44 heavy (non-hydrogen) atoms. The van der Waals surface area contributed by atoms with E-state index in [0.29, 0.717) is 11.3 Å². The molecule has 0 aliphatic carbocycles. The predicted octanol–water partition coefficient (Wildman–Crippen LogP) is 6.15. The van der Waals surface area contributed by atoms with Crippen LogP contribution in [-0.2, 0) is 26.3 Å². The minimum atomic E-state index is -0.924. The van der Waals surface area contributed by atoms with Crippen molar-refractivity contribution in [1.82, 2.24) is 20.1 Å². The van der Waals surface area contributed by atoms with Crippen molar-refractivity contribution in [2.24, 2.45) is 0 Å². The van der Waals surface area contributed by atoms with Gasteiger partial charge < -0.3 is 10.1 Å². The number of nitrogens with one attached hydrogen (secondary N) is 1. The van der Waals surface area contributed by atoms with Crippen LogP contribution in [-0.4, -0.2) is 33.8 Å². The van der Waals surface area contributed by atoms with Gasteiger partial charge in [0.05, 0.1) is 30.4 Å². The van der Waals surface area contributed by atoms with Crippen LogP contribution in [0.25, 0.3) is 10.9 Å². The van der Waals surface area contributed by atoms with Crippen molar-refractivity contribution in [3.63, 3.8) is 0 Å². The second-order valence-corrected chi connectivity index (χ2v) is 10.6. The summed E-state index contributed by atoms with van der Waals surface area (Å²) in [7, 11) is 1.31. The topological polar surface area (TPSA) is 86.1 Å². The number of hydrogen-bond acceptors (Lipinski definition) is 5. The molecule has 6 aromatic rings. The Morgan fingerprint density at radius 2 is 1.30 bits per heavy atom. The van der Waals surface area contributed by atoms with Crippen LogP contribution in [0.15, 0.2) is 134 Å². The number of carbonyl (C=O) groups is 2. The molecule has 0 fully saturated rings. The van der Waals surface area contributed by atoms with Crippen LogP contribution in [0.5, 0.6) is 0 Å². The minimum absolute atomic E-state index is 0.0322. The van der Waals surface area contributed by atoms with Gasteiger partial charge in [-0.15, -0.1) is 0 Å². The van der Waals surface area contributed by atoms with Crippen LogP contribution < -0.4 is 5.32 Å². The Morgan fingerprint density at radius 3 is 1.80 bits per heavy atom. The molecule has 0 bridgehead atoms. The van der Waals surface area contributed by atoms with Crippen LogP contribution in [0, 0.1) is 6.92 Å². The van der Waals surface area contributed by atoms with E-state index in [1.165, 1.54) is 7.11 Å². The maximum atomic E-state index is 13.3. The monoisotopic (exact) mass is 580 g/mol. The predicted molar refractivity (Wildman–Crippen MR) is 170 cm³/mol. The van der Waals surface area contributed by atoms with Gasteiger partial charge in [0.2, 0.25) is 5.91 Å². The molecule has 1 atom stereocenters. The highest BCUT2D eigenvalue weighted by Crippen LogP contribution is 2.42. The SMILES string of the molecule is COC(=O)[C@@H](NC(=O)Cc1cc2c(cn1)c(C)nn2C(c1ccccc1)(c1ccccc1)c1ccccc1)c1ccccc1. The molecular formula is C37H32N4O3. The number of hydrogen-bond donors (Lipinski definition) is 1. The van der Waals surface area contributed by atoms with Gasteiger partial charge in [0.15, 0.2) is 6.04 Å². The van der Waals surface area contributed by atoms with Crippen LogP contribution in [0.2, 0.25) is 0 Å². The highest BCUT2D eigenvalue weighted by Gasteiger charge is 2.40. The first kappa shape index (κ1) is 28.6. The number of rotatable bonds is 9. The molecule has 7 heteroatoms. The minimum Gasteiger partial charge on any atom is -0.467 e. The number of esters is 1. The Balaban J connectivity index is 1.48. The highest BCUT2D eigenvalue weighted by molar-refractivity contribution is 5.88. The first-order valence-electron chi connectivity index (χ1n) is 14.5. The first-order valence-corrected chi connectivity index (χ1v) is 14.5. The Kier molecular flexibility index (Phi) is 8.02. The van der Waals surface area contributed by atoms with E-state index in [2.05, 4.69) is 51.4 Å². The molecule has 7 nitrogen and oxygen atoms in total. The summed E-state index contributed by atoms with van der Waals surface area (Å²) in [6.45, 7) is 1.97. The Morgan fingerprint density at radius 1 is 0.795 bits per heavy atom. The number of ether oxygens (including phenoxy) is 1. The lowest BCUT2D eigenvalue weighted by atomic mass is 9.77. The number of benzene rings is 4. The summed E-state index contributed by atoms with van der Waals surface area (Å²) < 4.78 is 7.03. The Labute approximate surface area is 256 Å². The summed E-state index contributed by atoms with van der Waals surface area (Å²) in [5.74, 6) is -0.889. The standard InChI is InChI=1S/C37H32N4O3/c1-26-32-25-38-31(24-34(42)39-35(36(43)44-2)27-15-7-3-8-16-27)23-33(32)41(40-26)37(28-17-9-4-10-18-28,29-19-11-5-12-20-29)30-21-13-6-14-22-30/h3-23,25,35H,24H2,1-2H3,(H,39,42)/t35-/m0/s1. The summed E-state index contributed by atoms with van der Waals surface area (Å²) in [5.41, 5.74) is 5.17. The maximum absolute atomic E-state index is 13.3. The van der Waals surface area contributed by atoms with Crippen molar-refractivity contribution in [3.05, 3.63) is 167 Å². The van der Waals surface area contributed by atoms with Gasteiger partial charge >= 0.3 is 5.97 Å². The third-order valence-corrected chi connectivity index (χ3v) is 7.92. The van der Waals surface area contributed by atoms with Crippen LogP contribution in [0.3, 0.4) is 0 Å². The lowest BCUT2D eigenvalue weighted by Crippen LogP contribution is -2.38. The molecule has 0 unspecified atom stereocenters. The first-order chi connectivity index (χ1) is 21.5. The average molecular weight is 581 g/mol. The van der Waals surface area contributed by atoms with Gasteiger partial charge in [-0.2, -0.15) is 5.10 Å². The lowest BCUT2D eigenvalue weighted by Gasteiger charge is -2.37. The molecule has 0 aliphatic rings. The van der Waals surface area contributed by atoms with Gasteiger partial charge in [0, 0.05) is 11.6 Å². The fourth-order valence-electron chi connectivity index (χ4n) is 5.87. The number of aromatic nitrogens is 3. The van der Waals surface area contributed by atoms with E-state index in [0.717, 1.165) is 33.3 Å². The summed E-state index contributed by atoms with van der Waals surface area (Å²) in [4.78, 5) is 30.5. The number of fused-ring (bicyclic) bond motifs is 1. The van der Waals surface area contributed by atoms with Crippen molar-refractivity contribution in [2.75, 3.05) is 7.11 Å². The molecule has 6 rings (SSSR count). The zero-order valence-electron chi connectivity index (χ0n) is 24.6.